The fraction of sp³-hybridized carbons (Fsp3) is 0.577. The highest BCUT2D eigenvalue weighted by molar-refractivity contribution is 6.15. The van der Waals surface area contributed by atoms with Crippen LogP contribution < -0.4 is 5.32 Å². The van der Waals surface area contributed by atoms with Crippen LogP contribution in [0.3, 0.4) is 0 Å². The standard InChI is InChI=1S/C26H39NO6/c1-3-4-5-6-7-8-9-10-11-12-16-19-23(29)26(21-28,24(30)32-2)27-25(31)33-20-22-17-14-13-15-18-22/h13-19,28H,3-12,20-21H2,1-2H3,(H,27,31)/b19-16+. The Balaban J connectivity index is 2.51. The van der Waals surface area contributed by atoms with Gasteiger partial charge in [0.05, 0.1) is 13.7 Å². The number of amides is 1. The molecule has 2 N–H and O–H groups in total. The number of rotatable bonds is 17. The summed E-state index contributed by atoms with van der Waals surface area (Å²) in [5.41, 5.74) is -1.50. The fourth-order valence-corrected chi connectivity index (χ4v) is 3.41. The van der Waals surface area contributed by atoms with Crippen molar-refractivity contribution in [2.45, 2.75) is 83.3 Å². The van der Waals surface area contributed by atoms with Gasteiger partial charge in [-0.25, -0.2) is 9.59 Å². The molecular weight excluding hydrogens is 422 g/mol. The summed E-state index contributed by atoms with van der Waals surface area (Å²) in [5, 5.41) is 12.0. The molecule has 1 amide bonds. The molecule has 1 aromatic carbocycles. The van der Waals surface area contributed by atoms with Gasteiger partial charge in [0, 0.05) is 0 Å². The largest absolute Gasteiger partial charge is 0.467 e. The lowest BCUT2D eigenvalue weighted by Gasteiger charge is -2.27. The third kappa shape index (κ3) is 10.7. The minimum Gasteiger partial charge on any atom is -0.467 e. The molecule has 0 aliphatic carbocycles. The van der Waals surface area contributed by atoms with E-state index in [9.17, 15) is 19.5 Å². The Bertz CT molecular complexity index is 734. The molecule has 33 heavy (non-hydrogen) atoms. The molecule has 7 heteroatoms. The van der Waals surface area contributed by atoms with Crippen molar-refractivity contribution in [3.8, 4) is 0 Å². The molecule has 0 aromatic heterocycles. The highest BCUT2D eigenvalue weighted by Crippen LogP contribution is 2.14. The van der Waals surface area contributed by atoms with Crippen LogP contribution in [0.4, 0.5) is 4.79 Å². The summed E-state index contributed by atoms with van der Waals surface area (Å²) >= 11 is 0. The number of nitrogens with one attached hydrogen (secondary N) is 1. The summed E-state index contributed by atoms with van der Waals surface area (Å²) in [6.07, 6.45) is 13.3. The molecule has 0 aliphatic heterocycles. The summed E-state index contributed by atoms with van der Waals surface area (Å²) in [6, 6.07) is 8.97. The monoisotopic (exact) mass is 461 g/mol. The summed E-state index contributed by atoms with van der Waals surface area (Å²) in [5.74, 6) is -1.82. The maximum Gasteiger partial charge on any atom is 0.408 e. The zero-order valence-electron chi connectivity index (χ0n) is 20.0. The molecular formula is C26H39NO6. The number of alkyl carbamates (subject to hydrolysis) is 1. The van der Waals surface area contributed by atoms with Crippen LogP contribution in [0, 0.1) is 0 Å². The van der Waals surface area contributed by atoms with E-state index >= 15 is 0 Å². The zero-order chi connectivity index (χ0) is 24.4. The van der Waals surface area contributed by atoms with Gasteiger partial charge >= 0.3 is 12.1 Å². The van der Waals surface area contributed by atoms with Crippen molar-refractivity contribution in [3.63, 3.8) is 0 Å². The molecule has 1 rings (SSSR count). The molecule has 1 aromatic rings. The van der Waals surface area contributed by atoms with E-state index in [1.165, 1.54) is 44.6 Å². The summed E-state index contributed by atoms with van der Waals surface area (Å²) < 4.78 is 9.77. The number of carbonyl (C=O) groups is 3. The number of carbonyl (C=O) groups excluding carboxylic acids is 3. The van der Waals surface area contributed by atoms with E-state index in [4.69, 9.17) is 4.74 Å². The van der Waals surface area contributed by atoms with Gasteiger partial charge in [0.1, 0.15) is 6.61 Å². The number of esters is 1. The van der Waals surface area contributed by atoms with Gasteiger partial charge in [-0.1, -0.05) is 94.7 Å². The second-order valence-corrected chi connectivity index (χ2v) is 8.13. The number of benzene rings is 1. The second-order valence-electron chi connectivity index (χ2n) is 8.13. The Hall–Kier alpha value is -2.67. The van der Waals surface area contributed by atoms with Crippen LogP contribution in [0.15, 0.2) is 42.5 Å². The van der Waals surface area contributed by atoms with Gasteiger partial charge in [0.15, 0.2) is 5.78 Å². The third-order valence-corrected chi connectivity index (χ3v) is 5.46. The maximum absolute atomic E-state index is 12.7. The van der Waals surface area contributed by atoms with E-state index in [0.717, 1.165) is 31.9 Å². The van der Waals surface area contributed by atoms with E-state index in [-0.39, 0.29) is 6.61 Å². The van der Waals surface area contributed by atoms with Crippen molar-refractivity contribution >= 4 is 17.8 Å². The van der Waals surface area contributed by atoms with Crippen LogP contribution in [0.5, 0.6) is 0 Å². The smallest absolute Gasteiger partial charge is 0.408 e. The molecule has 0 heterocycles. The number of unbranched alkanes of at least 4 members (excludes halogenated alkanes) is 9. The first-order valence-electron chi connectivity index (χ1n) is 11.9. The van der Waals surface area contributed by atoms with E-state index in [0.29, 0.717) is 6.42 Å². The van der Waals surface area contributed by atoms with Crippen molar-refractivity contribution in [1.29, 1.82) is 0 Å². The Morgan fingerprint density at radius 2 is 1.58 bits per heavy atom. The van der Waals surface area contributed by atoms with Crippen LogP contribution in [0.1, 0.15) is 76.7 Å². The van der Waals surface area contributed by atoms with E-state index in [2.05, 4.69) is 17.0 Å². The number of aliphatic hydroxyl groups excluding tert-OH is 1. The van der Waals surface area contributed by atoms with Gasteiger partial charge in [-0.05, 0) is 24.5 Å². The SMILES string of the molecule is CCCCCCCCCCC/C=C/C(=O)C(CO)(NC(=O)OCc1ccccc1)C(=O)OC. The van der Waals surface area contributed by atoms with Gasteiger partial charge in [-0.2, -0.15) is 0 Å². The highest BCUT2D eigenvalue weighted by atomic mass is 16.6. The number of allylic oxidation sites excluding steroid dienone is 1. The van der Waals surface area contributed by atoms with E-state index in [1.54, 1.807) is 30.3 Å². The lowest BCUT2D eigenvalue weighted by Crippen LogP contribution is -2.62. The molecule has 184 valence electrons. The van der Waals surface area contributed by atoms with E-state index in [1.807, 2.05) is 6.07 Å². The highest BCUT2D eigenvalue weighted by Gasteiger charge is 2.47. The molecule has 0 saturated carbocycles. The predicted octanol–water partition coefficient (Wildman–Crippen LogP) is 4.86. The minimum atomic E-state index is -2.24. The molecule has 0 spiro atoms. The van der Waals surface area contributed by atoms with Crippen LogP contribution >= 0.6 is 0 Å². The first kappa shape index (κ1) is 28.4. The van der Waals surface area contributed by atoms with Crippen molar-refractivity contribution in [2.24, 2.45) is 0 Å². The quantitative estimate of drug-likeness (QED) is 0.149. The van der Waals surface area contributed by atoms with Gasteiger partial charge in [-0.3, -0.25) is 10.1 Å². The van der Waals surface area contributed by atoms with Gasteiger partial charge in [0.2, 0.25) is 5.54 Å². The summed E-state index contributed by atoms with van der Waals surface area (Å²) in [6.45, 7) is 1.22. The number of hydrogen-bond acceptors (Lipinski definition) is 6. The first-order valence-corrected chi connectivity index (χ1v) is 11.9. The molecule has 1 atom stereocenters. The molecule has 0 fully saturated rings. The van der Waals surface area contributed by atoms with Crippen molar-refractivity contribution in [1.82, 2.24) is 5.32 Å². The molecule has 7 nitrogen and oxygen atoms in total. The van der Waals surface area contributed by atoms with Gasteiger partial charge < -0.3 is 14.6 Å². The second kappa shape index (κ2) is 16.9. The molecule has 0 bridgehead atoms. The average Bonchev–Trinajstić information content (AvgIpc) is 2.84. The van der Waals surface area contributed by atoms with Gasteiger partial charge in [-0.15, -0.1) is 0 Å². The van der Waals surface area contributed by atoms with Crippen LogP contribution in [-0.2, 0) is 25.7 Å². The van der Waals surface area contributed by atoms with E-state index < -0.39 is 30.0 Å². The normalized spacial score (nSPS) is 12.8. The molecule has 0 saturated heterocycles. The molecule has 0 aliphatic rings. The number of methoxy groups -OCH3 is 1. The Morgan fingerprint density at radius 3 is 2.15 bits per heavy atom. The fourth-order valence-electron chi connectivity index (χ4n) is 3.41. The van der Waals surface area contributed by atoms with Crippen LogP contribution in [0.2, 0.25) is 0 Å². The Kier molecular flexibility index (Phi) is 14.5. The van der Waals surface area contributed by atoms with Crippen LogP contribution in [-0.4, -0.2) is 42.2 Å². The number of ketones is 1. The van der Waals surface area contributed by atoms with Crippen molar-refractivity contribution in [2.75, 3.05) is 13.7 Å². The lowest BCUT2D eigenvalue weighted by molar-refractivity contribution is -0.153. The first-order chi connectivity index (χ1) is 16.0. The number of aliphatic hydroxyl groups is 1. The zero-order valence-corrected chi connectivity index (χ0v) is 20.0. The maximum atomic E-state index is 12.7. The molecule has 0 radical (unpaired) electrons. The lowest BCUT2D eigenvalue weighted by atomic mass is 9.94. The topological polar surface area (TPSA) is 102 Å². The summed E-state index contributed by atoms with van der Waals surface area (Å²) in [4.78, 5) is 37.3. The Labute approximate surface area is 197 Å². The minimum absolute atomic E-state index is 0.0437. The predicted molar refractivity (Wildman–Crippen MR) is 128 cm³/mol. The van der Waals surface area contributed by atoms with Gasteiger partial charge in [0.25, 0.3) is 0 Å². The molecule has 1 unspecified atom stereocenters. The average molecular weight is 462 g/mol. The number of ether oxygens (including phenoxy) is 2. The van der Waals surface area contributed by atoms with Crippen molar-refractivity contribution in [3.05, 3.63) is 48.0 Å². The third-order valence-electron chi connectivity index (χ3n) is 5.46. The Morgan fingerprint density at radius 1 is 0.970 bits per heavy atom. The number of hydrogen-bond donors (Lipinski definition) is 2. The van der Waals surface area contributed by atoms with Crippen LogP contribution in [0.25, 0.3) is 0 Å². The van der Waals surface area contributed by atoms with Crippen molar-refractivity contribution < 1.29 is 29.0 Å². The summed E-state index contributed by atoms with van der Waals surface area (Å²) in [7, 11) is 1.09.